The first-order valence-electron chi connectivity index (χ1n) is 12.8. The summed E-state index contributed by atoms with van der Waals surface area (Å²) in [4.78, 5) is 30.6. The number of benzene rings is 3. The molecule has 38 heavy (non-hydrogen) atoms. The Hall–Kier alpha value is -4.17. The van der Waals surface area contributed by atoms with E-state index in [1.54, 1.807) is 31.5 Å². The fourth-order valence-corrected chi connectivity index (χ4v) is 5.32. The third kappa shape index (κ3) is 4.52. The first-order valence-corrected chi connectivity index (χ1v) is 12.8. The molecule has 6 rings (SSSR count). The number of carbonyl (C=O) groups excluding carboxylic acids is 2. The van der Waals surface area contributed by atoms with E-state index in [-0.39, 0.29) is 5.41 Å². The Labute approximate surface area is 220 Å². The Morgan fingerprint density at radius 1 is 1.05 bits per heavy atom. The van der Waals surface area contributed by atoms with Crippen LogP contribution in [0.15, 0.2) is 60.8 Å². The van der Waals surface area contributed by atoms with E-state index in [4.69, 9.17) is 19.9 Å². The van der Waals surface area contributed by atoms with E-state index < -0.39 is 5.91 Å². The van der Waals surface area contributed by atoms with Gasteiger partial charge >= 0.3 is 0 Å². The van der Waals surface area contributed by atoms with Crippen molar-refractivity contribution in [3.63, 3.8) is 0 Å². The van der Waals surface area contributed by atoms with Gasteiger partial charge in [0.2, 0.25) is 5.91 Å². The summed E-state index contributed by atoms with van der Waals surface area (Å²) in [5.74, 6) is 2.39. The number of nitrogens with zero attached hydrogens (tertiary/aromatic N) is 2. The molecule has 1 spiro atoms. The summed E-state index contributed by atoms with van der Waals surface area (Å²) in [7, 11) is 1.61. The van der Waals surface area contributed by atoms with Gasteiger partial charge in [-0.2, -0.15) is 0 Å². The van der Waals surface area contributed by atoms with Crippen LogP contribution in [0.1, 0.15) is 29.6 Å². The van der Waals surface area contributed by atoms with Gasteiger partial charge in [0.1, 0.15) is 11.5 Å². The van der Waals surface area contributed by atoms with Crippen molar-refractivity contribution in [2.45, 2.75) is 19.3 Å². The van der Waals surface area contributed by atoms with E-state index >= 15 is 0 Å². The molecule has 1 aliphatic carbocycles. The molecule has 2 fully saturated rings. The van der Waals surface area contributed by atoms with Crippen molar-refractivity contribution in [3.05, 3.63) is 66.4 Å². The number of rotatable bonds is 9. The van der Waals surface area contributed by atoms with Crippen LogP contribution in [0, 0.1) is 5.41 Å². The predicted molar refractivity (Wildman–Crippen MR) is 144 cm³/mol. The smallest absolute Gasteiger partial charge is 0.249 e. The number of pyridine rings is 1. The molecular weight excluding hydrogens is 482 g/mol. The summed E-state index contributed by atoms with van der Waals surface area (Å²) in [5, 5.41) is 2.42. The largest absolute Gasteiger partial charge is 0.493 e. The standard InChI is InChI=1S/C30H29N3O5/c1-36-26-15-23-24(16-27(26)37-13-3-12-33-17-28(34)30(18-33)9-10-30)32-11-8-25(23)38-20-6-7-21-19(14-20)4-2-5-22(21)29(31)35/h2,4-8,11,14-16H,3,9-10,12-13,17-18H2,1H3,(H2,31,35). The van der Waals surface area contributed by atoms with Crippen molar-refractivity contribution >= 4 is 33.4 Å². The Morgan fingerprint density at radius 2 is 1.92 bits per heavy atom. The van der Waals surface area contributed by atoms with Crippen LogP contribution >= 0.6 is 0 Å². The lowest BCUT2D eigenvalue weighted by Gasteiger charge is -2.16. The van der Waals surface area contributed by atoms with Gasteiger partial charge in [-0.25, -0.2) is 0 Å². The maximum absolute atomic E-state index is 12.1. The monoisotopic (exact) mass is 511 g/mol. The molecule has 2 heterocycles. The molecule has 0 atom stereocenters. The van der Waals surface area contributed by atoms with Crippen LogP contribution in [0.3, 0.4) is 0 Å². The second-order valence-corrected chi connectivity index (χ2v) is 10.1. The average molecular weight is 512 g/mol. The molecule has 1 aromatic heterocycles. The summed E-state index contributed by atoms with van der Waals surface area (Å²) in [6.07, 6.45) is 4.60. The maximum Gasteiger partial charge on any atom is 0.249 e. The molecule has 8 heteroatoms. The number of primary amides is 1. The predicted octanol–water partition coefficient (Wildman–Crippen LogP) is 4.72. The zero-order valence-corrected chi connectivity index (χ0v) is 21.2. The average Bonchev–Trinajstić information content (AvgIpc) is 3.63. The zero-order chi connectivity index (χ0) is 26.3. The maximum atomic E-state index is 12.1. The number of Topliss-reactive ketones (excluding diaryl/α,β-unsaturated/α-hetero) is 1. The molecule has 1 amide bonds. The second kappa shape index (κ2) is 9.61. The van der Waals surface area contributed by atoms with Gasteiger partial charge < -0.3 is 19.9 Å². The Kier molecular flexibility index (Phi) is 6.12. The minimum atomic E-state index is -0.465. The van der Waals surface area contributed by atoms with Gasteiger partial charge in [-0.15, -0.1) is 0 Å². The molecule has 1 saturated heterocycles. The quantitative estimate of drug-likeness (QED) is 0.324. The minimum Gasteiger partial charge on any atom is -0.493 e. The van der Waals surface area contributed by atoms with Crippen LogP contribution in [0.5, 0.6) is 23.0 Å². The molecular formula is C30H29N3O5. The Balaban J connectivity index is 1.18. The van der Waals surface area contributed by atoms with Crippen LogP contribution in [0.4, 0.5) is 0 Å². The van der Waals surface area contributed by atoms with Gasteiger partial charge in [-0.3, -0.25) is 19.5 Å². The van der Waals surface area contributed by atoms with Gasteiger partial charge in [0.15, 0.2) is 17.3 Å². The number of likely N-dealkylation sites (tertiary alicyclic amines) is 1. The molecule has 0 radical (unpaired) electrons. The third-order valence-electron chi connectivity index (χ3n) is 7.55. The van der Waals surface area contributed by atoms with Crippen LogP contribution < -0.4 is 19.9 Å². The fraction of sp³-hybridized carbons (Fsp3) is 0.300. The van der Waals surface area contributed by atoms with Gasteiger partial charge in [-0.1, -0.05) is 12.1 Å². The highest BCUT2D eigenvalue weighted by Crippen LogP contribution is 2.50. The van der Waals surface area contributed by atoms with Gasteiger partial charge in [0.05, 0.1) is 25.8 Å². The number of hydrogen-bond donors (Lipinski definition) is 1. The topological polar surface area (TPSA) is 104 Å². The molecule has 8 nitrogen and oxygen atoms in total. The summed E-state index contributed by atoms with van der Waals surface area (Å²) in [5.41, 5.74) is 6.68. The molecule has 4 aromatic rings. The van der Waals surface area contributed by atoms with Crippen molar-refractivity contribution in [2.75, 3.05) is 33.4 Å². The van der Waals surface area contributed by atoms with Gasteiger partial charge in [0, 0.05) is 41.7 Å². The minimum absolute atomic E-state index is 0.0207. The van der Waals surface area contributed by atoms with Crippen molar-refractivity contribution < 1.29 is 23.8 Å². The Bertz CT molecular complexity index is 1560. The van der Waals surface area contributed by atoms with Crippen LogP contribution in [-0.2, 0) is 4.79 Å². The fourth-order valence-electron chi connectivity index (χ4n) is 5.32. The number of methoxy groups -OCH3 is 1. The SMILES string of the molecule is COc1cc2c(Oc3ccc4c(C(N)=O)cccc4c3)ccnc2cc1OCCCN1CC(=O)C2(CC2)C1. The highest BCUT2D eigenvalue weighted by atomic mass is 16.5. The highest BCUT2D eigenvalue weighted by Gasteiger charge is 2.54. The lowest BCUT2D eigenvalue weighted by molar-refractivity contribution is -0.120. The Morgan fingerprint density at radius 3 is 2.68 bits per heavy atom. The van der Waals surface area contributed by atoms with Crippen molar-refractivity contribution in [1.29, 1.82) is 0 Å². The third-order valence-corrected chi connectivity index (χ3v) is 7.55. The zero-order valence-electron chi connectivity index (χ0n) is 21.2. The molecule has 2 N–H and O–H groups in total. The molecule has 2 aliphatic rings. The van der Waals surface area contributed by atoms with Crippen LogP contribution in [0.2, 0.25) is 0 Å². The number of nitrogens with two attached hydrogens (primary N) is 1. The number of ether oxygens (including phenoxy) is 3. The molecule has 0 unspecified atom stereocenters. The van der Waals surface area contributed by atoms with Crippen LogP contribution in [-0.4, -0.2) is 54.9 Å². The first-order chi connectivity index (χ1) is 18.5. The van der Waals surface area contributed by atoms with E-state index in [2.05, 4.69) is 9.88 Å². The number of amides is 1. The van der Waals surface area contributed by atoms with E-state index in [9.17, 15) is 9.59 Å². The number of aromatic nitrogens is 1. The lowest BCUT2D eigenvalue weighted by Crippen LogP contribution is -2.23. The summed E-state index contributed by atoms with van der Waals surface area (Å²) in [6.45, 7) is 2.81. The van der Waals surface area contributed by atoms with E-state index in [0.29, 0.717) is 47.5 Å². The highest BCUT2D eigenvalue weighted by molar-refractivity contribution is 6.06. The van der Waals surface area contributed by atoms with Crippen molar-refractivity contribution in [3.8, 4) is 23.0 Å². The summed E-state index contributed by atoms with van der Waals surface area (Å²) in [6, 6.07) is 16.5. The van der Waals surface area contributed by atoms with Gasteiger partial charge in [-0.05, 0) is 66.4 Å². The molecule has 1 aliphatic heterocycles. The van der Waals surface area contributed by atoms with E-state index in [1.165, 1.54) is 0 Å². The lowest BCUT2D eigenvalue weighted by atomic mass is 10.0. The molecule has 0 bridgehead atoms. The van der Waals surface area contributed by atoms with Crippen LogP contribution in [0.25, 0.3) is 21.7 Å². The number of hydrogen-bond acceptors (Lipinski definition) is 7. The van der Waals surface area contributed by atoms with Crippen molar-refractivity contribution in [1.82, 2.24) is 9.88 Å². The van der Waals surface area contributed by atoms with Gasteiger partial charge in [0.25, 0.3) is 0 Å². The number of ketones is 1. The number of fused-ring (bicyclic) bond motifs is 2. The first kappa shape index (κ1) is 24.2. The molecule has 1 saturated carbocycles. The molecule has 3 aromatic carbocycles. The van der Waals surface area contributed by atoms with E-state index in [0.717, 1.165) is 54.0 Å². The number of carbonyl (C=O) groups is 2. The summed E-state index contributed by atoms with van der Waals surface area (Å²) >= 11 is 0. The molecule has 194 valence electrons. The van der Waals surface area contributed by atoms with Crippen molar-refractivity contribution in [2.24, 2.45) is 11.1 Å². The van der Waals surface area contributed by atoms with E-state index in [1.807, 2.05) is 36.4 Å². The second-order valence-electron chi connectivity index (χ2n) is 10.1. The summed E-state index contributed by atoms with van der Waals surface area (Å²) < 4.78 is 17.9. The normalized spacial score (nSPS) is 16.3.